The first-order valence-corrected chi connectivity index (χ1v) is 4.34. The number of phenols is 1. The van der Waals surface area contributed by atoms with Crippen molar-refractivity contribution in [2.24, 2.45) is 5.84 Å². The van der Waals surface area contributed by atoms with Crippen LogP contribution in [0.4, 0.5) is 5.69 Å². The van der Waals surface area contributed by atoms with Gasteiger partial charge in [0.25, 0.3) is 0 Å². The van der Waals surface area contributed by atoms with Crippen molar-refractivity contribution in [3.05, 3.63) is 18.2 Å². The molecule has 4 N–H and O–H groups in total. The lowest BCUT2D eigenvalue weighted by Crippen LogP contribution is -2.06. The van der Waals surface area contributed by atoms with E-state index in [1.54, 1.807) is 18.2 Å². The summed E-state index contributed by atoms with van der Waals surface area (Å²) in [6.45, 7) is 0. The van der Waals surface area contributed by atoms with Crippen LogP contribution in [0.3, 0.4) is 0 Å². The van der Waals surface area contributed by atoms with Crippen molar-refractivity contribution in [1.82, 2.24) is 0 Å². The summed E-state index contributed by atoms with van der Waals surface area (Å²) in [5.74, 6) is 5.47. The minimum atomic E-state index is 0.288. The number of rotatable bonds is 2. The highest BCUT2D eigenvalue weighted by Gasteiger charge is 1.98. The number of anilines is 1. The van der Waals surface area contributed by atoms with Gasteiger partial charge in [0.2, 0.25) is 0 Å². The Labute approximate surface area is 69.6 Å². The fourth-order valence-electron chi connectivity index (χ4n) is 0.767. The Kier molecular flexibility index (Phi) is 2.62. The molecule has 1 aromatic carbocycles. The molecule has 0 saturated carbocycles. The number of phenolic OH excluding ortho intramolecular Hbond substituents is 1. The lowest BCUT2D eigenvalue weighted by molar-refractivity contribution is 0.462. The number of nitrogens with one attached hydrogen (secondary N) is 1. The second-order valence-corrected chi connectivity index (χ2v) is 2.88. The molecule has 11 heavy (non-hydrogen) atoms. The second kappa shape index (κ2) is 3.50. The molecule has 1 aromatic rings. The maximum atomic E-state index is 9.24. The highest BCUT2D eigenvalue weighted by molar-refractivity contribution is 7.98. The number of thioether (sulfide) groups is 1. The predicted molar refractivity (Wildman–Crippen MR) is 47.7 cm³/mol. The average Bonchev–Trinajstić information content (AvgIpc) is 2.05. The number of hydrogen-bond donors (Lipinski definition) is 3. The van der Waals surface area contributed by atoms with Crippen LogP contribution in [0.25, 0.3) is 0 Å². The van der Waals surface area contributed by atoms with Crippen LogP contribution in [0.1, 0.15) is 0 Å². The highest BCUT2D eigenvalue weighted by atomic mass is 32.2. The van der Waals surface area contributed by atoms with Crippen molar-refractivity contribution in [2.75, 3.05) is 11.7 Å². The molecule has 0 heterocycles. The van der Waals surface area contributed by atoms with Crippen molar-refractivity contribution in [3.63, 3.8) is 0 Å². The molecule has 0 unspecified atom stereocenters. The van der Waals surface area contributed by atoms with Gasteiger partial charge in [0.15, 0.2) is 0 Å². The number of benzene rings is 1. The molecule has 0 aromatic heterocycles. The fraction of sp³-hybridized carbons (Fsp3) is 0.143. The van der Waals surface area contributed by atoms with Gasteiger partial charge in [-0.25, -0.2) is 0 Å². The van der Waals surface area contributed by atoms with Crippen molar-refractivity contribution in [2.45, 2.75) is 4.90 Å². The first-order valence-electron chi connectivity index (χ1n) is 3.11. The molecule has 0 aliphatic carbocycles. The third kappa shape index (κ3) is 1.78. The summed E-state index contributed by atoms with van der Waals surface area (Å²) >= 11 is 1.48. The maximum absolute atomic E-state index is 9.24. The third-order valence-electron chi connectivity index (χ3n) is 1.35. The molecule has 0 radical (unpaired) electrons. The summed E-state index contributed by atoms with van der Waals surface area (Å²) in [6, 6.07) is 5.12. The maximum Gasteiger partial charge on any atom is 0.129 e. The van der Waals surface area contributed by atoms with E-state index < -0.39 is 0 Å². The Balaban J connectivity index is 3.02. The third-order valence-corrected chi connectivity index (χ3v) is 2.11. The van der Waals surface area contributed by atoms with Gasteiger partial charge in [0.1, 0.15) is 5.75 Å². The molecular weight excluding hydrogens is 160 g/mol. The number of aromatic hydroxyl groups is 1. The van der Waals surface area contributed by atoms with E-state index in [0.717, 1.165) is 10.6 Å². The molecule has 0 aliphatic rings. The van der Waals surface area contributed by atoms with Crippen molar-refractivity contribution in [3.8, 4) is 5.75 Å². The van der Waals surface area contributed by atoms with E-state index in [0.29, 0.717) is 0 Å². The quantitative estimate of drug-likeness (QED) is 0.272. The second-order valence-electron chi connectivity index (χ2n) is 2.03. The molecule has 0 bridgehead atoms. The zero-order chi connectivity index (χ0) is 8.27. The number of hydrogen-bond acceptors (Lipinski definition) is 4. The first kappa shape index (κ1) is 8.23. The van der Waals surface area contributed by atoms with Crippen LogP contribution >= 0.6 is 11.8 Å². The smallest absolute Gasteiger partial charge is 0.129 e. The van der Waals surface area contributed by atoms with E-state index in [1.807, 2.05) is 6.26 Å². The van der Waals surface area contributed by atoms with Crippen molar-refractivity contribution in [1.29, 1.82) is 0 Å². The lowest BCUT2D eigenvalue weighted by atomic mass is 10.3. The molecule has 4 heteroatoms. The first-order chi connectivity index (χ1) is 5.27. The van der Waals surface area contributed by atoms with Crippen LogP contribution in [-0.2, 0) is 0 Å². The van der Waals surface area contributed by atoms with Crippen molar-refractivity contribution >= 4 is 17.4 Å². The van der Waals surface area contributed by atoms with Crippen LogP contribution in [0.5, 0.6) is 5.75 Å². The Morgan fingerprint density at radius 3 is 2.82 bits per heavy atom. The minimum Gasteiger partial charge on any atom is -0.507 e. The van der Waals surface area contributed by atoms with E-state index in [-0.39, 0.29) is 5.75 Å². The van der Waals surface area contributed by atoms with Gasteiger partial charge in [-0.05, 0) is 24.5 Å². The summed E-state index contributed by atoms with van der Waals surface area (Å²) in [6.07, 6.45) is 1.90. The van der Waals surface area contributed by atoms with Gasteiger partial charge in [-0.15, -0.1) is 11.8 Å². The standard InChI is InChI=1S/C7H10N2OS/c1-11-7-4-5(9-8)2-3-6(7)10/h2-4,9-10H,8H2,1H3. The zero-order valence-electron chi connectivity index (χ0n) is 6.16. The van der Waals surface area contributed by atoms with Crippen LogP contribution < -0.4 is 11.3 Å². The molecule has 0 spiro atoms. The SMILES string of the molecule is CSc1cc(NN)ccc1O. The molecule has 0 aliphatic heterocycles. The summed E-state index contributed by atoms with van der Waals surface area (Å²) in [7, 11) is 0. The summed E-state index contributed by atoms with van der Waals surface area (Å²) in [4.78, 5) is 0.820. The van der Waals surface area contributed by atoms with Gasteiger partial charge in [0, 0.05) is 5.69 Å². The fourth-order valence-corrected chi connectivity index (χ4v) is 1.29. The van der Waals surface area contributed by atoms with E-state index in [1.165, 1.54) is 11.8 Å². The van der Waals surface area contributed by atoms with E-state index in [4.69, 9.17) is 5.84 Å². The van der Waals surface area contributed by atoms with E-state index in [9.17, 15) is 5.11 Å². The lowest BCUT2D eigenvalue weighted by Gasteiger charge is -2.03. The van der Waals surface area contributed by atoms with Crippen LogP contribution in [0.2, 0.25) is 0 Å². The summed E-state index contributed by atoms with van der Waals surface area (Å²) < 4.78 is 0. The normalized spacial score (nSPS) is 9.64. The Morgan fingerprint density at radius 2 is 2.27 bits per heavy atom. The molecule has 60 valence electrons. The van der Waals surface area contributed by atoms with Gasteiger partial charge in [0.05, 0.1) is 4.90 Å². The summed E-state index contributed by atoms with van der Waals surface area (Å²) in [5, 5.41) is 9.24. The Bertz CT molecular complexity index is 252. The van der Waals surface area contributed by atoms with Crippen molar-refractivity contribution < 1.29 is 5.11 Å². The average molecular weight is 170 g/mol. The van der Waals surface area contributed by atoms with Gasteiger partial charge in [-0.2, -0.15) is 0 Å². The van der Waals surface area contributed by atoms with Gasteiger partial charge < -0.3 is 10.5 Å². The summed E-state index contributed by atoms with van der Waals surface area (Å²) in [5.41, 5.74) is 3.30. The molecule has 1 rings (SSSR count). The Morgan fingerprint density at radius 1 is 1.55 bits per heavy atom. The van der Waals surface area contributed by atoms with Gasteiger partial charge >= 0.3 is 0 Å². The van der Waals surface area contributed by atoms with Gasteiger partial charge in [-0.3, -0.25) is 5.84 Å². The molecule has 0 saturated heterocycles. The van der Waals surface area contributed by atoms with Gasteiger partial charge in [-0.1, -0.05) is 0 Å². The molecule has 0 amide bonds. The van der Waals surface area contributed by atoms with E-state index >= 15 is 0 Å². The number of hydrazine groups is 1. The minimum absolute atomic E-state index is 0.288. The largest absolute Gasteiger partial charge is 0.507 e. The zero-order valence-corrected chi connectivity index (χ0v) is 6.98. The number of nitrogens with two attached hydrogens (primary N) is 1. The topological polar surface area (TPSA) is 58.3 Å². The van der Waals surface area contributed by atoms with E-state index in [2.05, 4.69) is 5.43 Å². The predicted octanol–water partition coefficient (Wildman–Crippen LogP) is 1.40. The molecule has 0 fully saturated rings. The molecule has 3 nitrogen and oxygen atoms in total. The highest BCUT2D eigenvalue weighted by Crippen LogP contribution is 2.28. The molecular formula is C7H10N2OS. The Hall–Kier alpha value is -0.870. The van der Waals surface area contributed by atoms with Crippen LogP contribution in [-0.4, -0.2) is 11.4 Å². The van der Waals surface area contributed by atoms with Crippen LogP contribution in [0.15, 0.2) is 23.1 Å². The number of nitrogen functional groups attached to an aromatic ring is 1. The molecule has 0 atom stereocenters. The van der Waals surface area contributed by atoms with Crippen LogP contribution in [0, 0.1) is 0 Å². The monoisotopic (exact) mass is 170 g/mol.